The molecule has 0 aromatic heterocycles. The summed E-state index contributed by atoms with van der Waals surface area (Å²) in [4.78, 5) is 10.0. The fourth-order valence-corrected chi connectivity index (χ4v) is 1.78. The normalized spacial score (nSPS) is 15.0. The van der Waals surface area contributed by atoms with Crippen molar-refractivity contribution in [2.45, 2.75) is 19.0 Å². The molecule has 1 aromatic carbocycles. The zero-order chi connectivity index (χ0) is 14.9. The highest BCUT2D eigenvalue weighted by Gasteiger charge is 2.35. The van der Waals surface area contributed by atoms with Gasteiger partial charge in [0.25, 0.3) is 5.69 Å². The molecule has 0 heterocycles. The summed E-state index contributed by atoms with van der Waals surface area (Å²) in [7, 11) is 0. The van der Waals surface area contributed by atoms with Crippen LogP contribution in [0.4, 0.5) is 30.2 Å². The summed E-state index contributed by atoms with van der Waals surface area (Å²) in [6.07, 6.45) is -2.78. The van der Waals surface area contributed by atoms with Crippen LogP contribution in [0, 0.1) is 16.0 Å². The van der Waals surface area contributed by atoms with Crippen molar-refractivity contribution in [3.05, 3.63) is 27.8 Å². The van der Waals surface area contributed by atoms with Crippen LogP contribution in [0.5, 0.6) is 0 Å². The van der Waals surface area contributed by atoms with Crippen molar-refractivity contribution in [1.29, 1.82) is 0 Å². The summed E-state index contributed by atoms with van der Waals surface area (Å²) in [6.45, 7) is 0.418. The summed E-state index contributed by atoms with van der Waals surface area (Å²) in [6, 6.07) is 1.08. The van der Waals surface area contributed by atoms with Gasteiger partial charge >= 0.3 is 6.18 Å². The van der Waals surface area contributed by atoms with Crippen LogP contribution in [-0.4, -0.2) is 16.7 Å². The van der Waals surface area contributed by atoms with Gasteiger partial charge in [-0.3, -0.25) is 20.8 Å². The fourth-order valence-electron chi connectivity index (χ4n) is 1.78. The van der Waals surface area contributed by atoms with Gasteiger partial charge < -0.3 is 5.32 Å². The monoisotopic (exact) mass is 291 g/mol. The molecular formula is C11H12F3N3O3. The predicted molar refractivity (Wildman–Crippen MR) is 64.7 cm³/mol. The molecule has 0 amide bonds. The third-order valence-electron chi connectivity index (χ3n) is 3.03. The number of nitrogens with zero attached hydrogens (tertiary/aromatic N) is 1. The van der Waals surface area contributed by atoms with E-state index >= 15 is 0 Å². The second-order valence-electron chi connectivity index (χ2n) is 4.61. The van der Waals surface area contributed by atoms with Crippen molar-refractivity contribution in [2.24, 2.45) is 5.92 Å². The van der Waals surface area contributed by atoms with Gasteiger partial charge in [0.05, 0.1) is 16.2 Å². The topological polar surface area (TPSA) is 87.4 Å². The van der Waals surface area contributed by atoms with Crippen LogP contribution < -0.4 is 10.8 Å². The number of nitrogens with one attached hydrogen (secondary N) is 2. The van der Waals surface area contributed by atoms with Crippen molar-refractivity contribution >= 4 is 17.1 Å². The molecule has 9 heteroatoms. The van der Waals surface area contributed by atoms with Gasteiger partial charge in [-0.2, -0.15) is 13.2 Å². The lowest BCUT2D eigenvalue weighted by Gasteiger charge is -2.14. The van der Waals surface area contributed by atoms with Gasteiger partial charge in [0, 0.05) is 12.6 Å². The smallest absolute Gasteiger partial charge is 0.377 e. The SMILES string of the molecule is O=[N+]([O-])c1cc(C(F)(F)F)cc(NO)c1NCC1CC1. The number of benzene rings is 1. The average Bonchev–Trinajstić information content (AvgIpc) is 3.17. The molecule has 0 radical (unpaired) electrons. The highest BCUT2D eigenvalue weighted by atomic mass is 19.4. The molecule has 0 spiro atoms. The number of rotatable bonds is 5. The highest BCUT2D eigenvalue weighted by Crippen LogP contribution is 2.40. The minimum Gasteiger partial charge on any atom is -0.377 e. The third-order valence-corrected chi connectivity index (χ3v) is 3.03. The summed E-state index contributed by atoms with van der Waals surface area (Å²) in [5, 5.41) is 22.6. The van der Waals surface area contributed by atoms with Gasteiger partial charge in [0.2, 0.25) is 0 Å². The van der Waals surface area contributed by atoms with Gasteiger partial charge in [-0.15, -0.1) is 0 Å². The van der Waals surface area contributed by atoms with E-state index in [2.05, 4.69) is 5.32 Å². The molecule has 110 valence electrons. The quantitative estimate of drug-likeness (QED) is 0.572. The van der Waals surface area contributed by atoms with E-state index in [4.69, 9.17) is 5.21 Å². The molecule has 20 heavy (non-hydrogen) atoms. The van der Waals surface area contributed by atoms with E-state index in [0.717, 1.165) is 12.8 Å². The number of hydrogen-bond donors (Lipinski definition) is 3. The zero-order valence-electron chi connectivity index (χ0n) is 10.2. The fraction of sp³-hybridized carbons (Fsp3) is 0.455. The zero-order valence-corrected chi connectivity index (χ0v) is 10.2. The maximum Gasteiger partial charge on any atom is 0.416 e. The lowest BCUT2D eigenvalue weighted by molar-refractivity contribution is -0.384. The Kier molecular flexibility index (Phi) is 3.71. The predicted octanol–water partition coefficient (Wildman–Crippen LogP) is 3.24. The van der Waals surface area contributed by atoms with Crippen molar-refractivity contribution in [3.63, 3.8) is 0 Å². The first-order valence-electron chi connectivity index (χ1n) is 5.86. The molecule has 0 saturated heterocycles. The molecule has 0 bridgehead atoms. The van der Waals surface area contributed by atoms with Crippen LogP contribution in [0.2, 0.25) is 0 Å². The lowest BCUT2D eigenvalue weighted by atomic mass is 10.1. The minimum absolute atomic E-state index is 0.141. The number of alkyl halides is 3. The third kappa shape index (κ3) is 3.10. The van der Waals surface area contributed by atoms with E-state index in [9.17, 15) is 23.3 Å². The molecule has 0 aliphatic heterocycles. The Hall–Kier alpha value is -2.03. The molecule has 1 aromatic rings. The molecular weight excluding hydrogens is 279 g/mol. The van der Waals surface area contributed by atoms with Gasteiger partial charge in [-0.25, -0.2) is 0 Å². The van der Waals surface area contributed by atoms with Crippen LogP contribution in [-0.2, 0) is 6.18 Å². The summed E-state index contributed by atoms with van der Waals surface area (Å²) >= 11 is 0. The molecule has 0 atom stereocenters. The number of nitro groups is 1. The number of hydrogen-bond acceptors (Lipinski definition) is 5. The lowest BCUT2D eigenvalue weighted by Crippen LogP contribution is -2.12. The van der Waals surface area contributed by atoms with E-state index in [0.29, 0.717) is 24.6 Å². The standard InChI is InChI=1S/C11H12F3N3O3/c12-11(13,14)7-3-8(16-18)10(9(4-7)17(19)20)15-5-6-1-2-6/h3-4,6,15-16,18H,1-2,5H2. The van der Waals surface area contributed by atoms with Gasteiger partial charge in [0.15, 0.2) is 0 Å². The second-order valence-corrected chi connectivity index (χ2v) is 4.61. The highest BCUT2D eigenvalue weighted by molar-refractivity contribution is 5.79. The first-order valence-corrected chi connectivity index (χ1v) is 5.86. The Balaban J connectivity index is 2.43. The summed E-state index contributed by atoms with van der Waals surface area (Å²) in [5.41, 5.74) is -0.851. The number of anilines is 2. The molecule has 1 saturated carbocycles. The molecule has 1 aliphatic carbocycles. The van der Waals surface area contributed by atoms with E-state index in [1.165, 1.54) is 0 Å². The second kappa shape index (κ2) is 5.16. The van der Waals surface area contributed by atoms with E-state index in [-0.39, 0.29) is 11.4 Å². The Morgan fingerprint density at radius 1 is 1.40 bits per heavy atom. The largest absolute Gasteiger partial charge is 0.416 e. The Labute approximate surface area is 111 Å². The van der Waals surface area contributed by atoms with Gasteiger partial charge in [0.1, 0.15) is 5.69 Å². The number of nitro benzene ring substituents is 1. The molecule has 1 fully saturated rings. The van der Waals surface area contributed by atoms with E-state index in [1.54, 1.807) is 5.48 Å². The maximum absolute atomic E-state index is 12.7. The van der Waals surface area contributed by atoms with Crippen molar-refractivity contribution in [2.75, 3.05) is 17.3 Å². The van der Waals surface area contributed by atoms with Crippen LogP contribution in [0.1, 0.15) is 18.4 Å². The van der Waals surface area contributed by atoms with Crippen LogP contribution in [0.3, 0.4) is 0 Å². The Bertz CT molecular complexity index is 530. The van der Waals surface area contributed by atoms with Crippen LogP contribution >= 0.6 is 0 Å². The first kappa shape index (κ1) is 14.4. The van der Waals surface area contributed by atoms with Crippen LogP contribution in [0.15, 0.2) is 12.1 Å². The van der Waals surface area contributed by atoms with Crippen molar-refractivity contribution in [1.82, 2.24) is 0 Å². The summed E-state index contributed by atoms with van der Waals surface area (Å²) in [5.74, 6) is 0.364. The maximum atomic E-state index is 12.7. The first-order chi connectivity index (χ1) is 9.32. The van der Waals surface area contributed by atoms with Crippen molar-refractivity contribution < 1.29 is 23.3 Å². The Morgan fingerprint density at radius 2 is 2.05 bits per heavy atom. The molecule has 1 aliphatic rings. The molecule has 0 unspecified atom stereocenters. The van der Waals surface area contributed by atoms with Crippen molar-refractivity contribution in [3.8, 4) is 0 Å². The van der Waals surface area contributed by atoms with Crippen LogP contribution in [0.25, 0.3) is 0 Å². The number of halogens is 3. The summed E-state index contributed by atoms with van der Waals surface area (Å²) < 4.78 is 38.0. The van der Waals surface area contributed by atoms with E-state index in [1.807, 2.05) is 0 Å². The molecule has 6 nitrogen and oxygen atoms in total. The minimum atomic E-state index is -4.73. The Morgan fingerprint density at radius 3 is 2.50 bits per heavy atom. The van der Waals surface area contributed by atoms with Gasteiger partial charge in [-0.05, 0) is 24.8 Å². The molecule has 3 N–H and O–H groups in total. The van der Waals surface area contributed by atoms with E-state index < -0.39 is 22.4 Å². The molecule has 2 rings (SSSR count). The van der Waals surface area contributed by atoms with Gasteiger partial charge in [-0.1, -0.05) is 0 Å². The average molecular weight is 291 g/mol.